The number of para-hydroxylation sites is 1. The van der Waals surface area contributed by atoms with Gasteiger partial charge in [-0.05, 0) is 59.8 Å². The highest BCUT2D eigenvalue weighted by Gasteiger charge is 2.28. The molecule has 48 heavy (non-hydrogen) atoms. The van der Waals surface area contributed by atoms with Crippen molar-refractivity contribution in [2.75, 3.05) is 22.1 Å². The molecule has 0 bridgehead atoms. The van der Waals surface area contributed by atoms with Gasteiger partial charge in [-0.2, -0.15) is 11.8 Å². The smallest absolute Gasteiger partial charge is 0.327 e. The van der Waals surface area contributed by atoms with E-state index in [1.807, 2.05) is 40.7 Å². The number of carbonyl (C=O) groups excluding carboxylic acids is 4. The maximum Gasteiger partial charge on any atom is 0.327 e. The van der Waals surface area contributed by atoms with Crippen LogP contribution in [0.1, 0.15) is 59.4 Å². The minimum Gasteiger partial charge on any atom is -0.480 e. The fraction of sp³-hybridized carbons (Fsp3) is 0.471. The van der Waals surface area contributed by atoms with Gasteiger partial charge in [0.2, 0.25) is 17.7 Å². The van der Waals surface area contributed by atoms with Crippen molar-refractivity contribution in [1.29, 1.82) is 0 Å². The minimum absolute atomic E-state index is 0.000116. The number of hydrogen-bond acceptors (Lipinski definition) is 7. The molecule has 0 aliphatic carbocycles. The van der Waals surface area contributed by atoms with Crippen LogP contribution in [0.15, 0.2) is 54.6 Å². The van der Waals surface area contributed by atoms with E-state index in [0.717, 1.165) is 11.8 Å². The number of hydrogen-bond donors (Lipinski definition) is 7. The Kier molecular flexibility index (Phi) is 15.9. The van der Waals surface area contributed by atoms with Gasteiger partial charge in [-0.25, -0.2) is 14.4 Å². The number of thioether (sulfide) groups is 1. The van der Waals surface area contributed by atoms with Crippen molar-refractivity contribution in [2.24, 2.45) is 11.3 Å². The van der Waals surface area contributed by atoms with Gasteiger partial charge in [-0.1, -0.05) is 65.0 Å². The van der Waals surface area contributed by atoms with Crippen LogP contribution in [0.5, 0.6) is 0 Å². The summed E-state index contributed by atoms with van der Waals surface area (Å²) in [6.07, 6.45) is 0.378. The lowest BCUT2D eigenvalue weighted by molar-refractivity contribution is -0.142. The molecule has 13 nitrogen and oxygen atoms in total. The maximum absolute atomic E-state index is 13.2. The number of amides is 5. The molecule has 2 rings (SSSR count). The quantitative estimate of drug-likeness (QED) is 0.113. The molecule has 0 aliphatic rings. The molecule has 0 saturated heterocycles. The van der Waals surface area contributed by atoms with Crippen LogP contribution < -0.4 is 26.6 Å². The van der Waals surface area contributed by atoms with Crippen LogP contribution in [0.2, 0.25) is 0 Å². The molecule has 7 N–H and O–H groups in total. The van der Waals surface area contributed by atoms with Gasteiger partial charge < -0.3 is 36.8 Å². The molecule has 14 heteroatoms. The number of carboxylic acid groups (broad SMARTS) is 2. The zero-order chi connectivity index (χ0) is 35.9. The standard InChI is InChI=1S/C34H47N5O8S/c1-21(2)17-26(37-28(40)18-22-11-13-24(14-12-22)36-33(47)35-23-9-7-6-8-10-23)30(42)39-25(31(43)44)15-16-48-20-27(32(45)46)38-29(41)19-34(3,4)5/h6-14,21,25-27H,15-20H2,1-5H3,(H,37,40)(H,38,41)(H,39,42)(H,43,44)(H,45,46)(H2,35,36,47). The Morgan fingerprint density at radius 2 is 1.29 bits per heavy atom. The van der Waals surface area contributed by atoms with Crippen LogP contribution in [-0.4, -0.2) is 75.5 Å². The lowest BCUT2D eigenvalue weighted by atomic mass is 9.92. The first-order valence-corrected chi connectivity index (χ1v) is 16.8. The van der Waals surface area contributed by atoms with Gasteiger partial charge in [0.1, 0.15) is 18.1 Å². The summed E-state index contributed by atoms with van der Waals surface area (Å²) in [4.78, 5) is 74.1. The molecule has 5 amide bonds. The Morgan fingerprint density at radius 3 is 1.83 bits per heavy atom. The molecule has 2 aromatic rings. The third-order valence-electron chi connectivity index (χ3n) is 6.74. The molecule has 0 heterocycles. The first kappa shape index (κ1) is 39.6. The van der Waals surface area contributed by atoms with Gasteiger partial charge in [0.25, 0.3) is 0 Å². The zero-order valence-corrected chi connectivity index (χ0v) is 28.8. The highest BCUT2D eigenvalue weighted by atomic mass is 32.2. The number of nitrogens with one attached hydrogen (secondary N) is 5. The Labute approximate surface area is 285 Å². The molecule has 0 radical (unpaired) electrons. The molecular weight excluding hydrogens is 638 g/mol. The lowest BCUT2D eigenvalue weighted by Crippen LogP contribution is -2.52. The van der Waals surface area contributed by atoms with E-state index < -0.39 is 47.9 Å². The highest BCUT2D eigenvalue weighted by molar-refractivity contribution is 7.99. The summed E-state index contributed by atoms with van der Waals surface area (Å²) in [5.41, 5.74) is 1.48. The van der Waals surface area contributed by atoms with E-state index in [0.29, 0.717) is 16.9 Å². The van der Waals surface area contributed by atoms with E-state index in [1.54, 1.807) is 48.5 Å². The molecule has 3 unspecified atom stereocenters. The molecule has 3 atom stereocenters. The van der Waals surface area contributed by atoms with Crippen molar-refractivity contribution in [1.82, 2.24) is 16.0 Å². The normalized spacial score (nSPS) is 13.0. The average molecular weight is 686 g/mol. The largest absolute Gasteiger partial charge is 0.480 e. The van der Waals surface area contributed by atoms with Crippen molar-refractivity contribution >= 4 is 58.8 Å². The summed E-state index contributed by atoms with van der Waals surface area (Å²) in [5.74, 6) is -3.69. The summed E-state index contributed by atoms with van der Waals surface area (Å²) in [5, 5.41) is 32.4. The second kappa shape index (κ2) is 19.3. The van der Waals surface area contributed by atoms with Crippen LogP contribution in [0.25, 0.3) is 0 Å². The summed E-state index contributed by atoms with van der Waals surface area (Å²) in [6, 6.07) is 11.8. The van der Waals surface area contributed by atoms with Gasteiger partial charge in [0, 0.05) is 23.5 Å². The van der Waals surface area contributed by atoms with Crippen LogP contribution in [0, 0.1) is 11.3 Å². The number of carboxylic acids is 2. The first-order chi connectivity index (χ1) is 22.5. The number of urea groups is 1. The number of benzene rings is 2. The summed E-state index contributed by atoms with van der Waals surface area (Å²) < 4.78 is 0. The molecule has 0 spiro atoms. The van der Waals surface area contributed by atoms with Gasteiger partial charge in [-0.15, -0.1) is 0 Å². The maximum atomic E-state index is 13.2. The fourth-order valence-corrected chi connectivity index (χ4v) is 5.52. The Balaban J connectivity index is 1.90. The van der Waals surface area contributed by atoms with E-state index in [-0.39, 0.29) is 54.4 Å². The minimum atomic E-state index is -1.27. The Morgan fingerprint density at radius 1 is 0.729 bits per heavy atom. The average Bonchev–Trinajstić information content (AvgIpc) is 2.97. The number of carbonyl (C=O) groups is 6. The molecule has 0 aliphatic heterocycles. The summed E-state index contributed by atoms with van der Waals surface area (Å²) in [6.45, 7) is 9.34. The Bertz CT molecular complexity index is 1400. The van der Waals surface area contributed by atoms with Crippen molar-refractivity contribution < 1.29 is 39.0 Å². The summed E-state index contributed by atoms with van der Waals surface area (Å²) in [7, 11) is 0. The monoisotopic (exact) mass is 685 g/mol. The second-order valence-electron chi connectivity index (χ2n) is 13.0. The van der Waals surface area contributed by atoms with Crippen LogP contribution in [0.3, 0.4) is 0 Å². The second-order valence-corrected chi connectivity index (χ2v) is 14.2. The van der Waals surface area contributed by atoms with Crippen LogP contribution in [0.4, 0.5) is 16.2 Å². The van der Waals surface area contributed by atoms with E-state index in [2.05, 4.69) is 26.6 Å². The van der Waals surface area contributed by atoms with Crippen molar-refractivity contribution in [3.8, 4) is 0 Å². The van der Waals surface area contributed by atoms with Crippen LogP contribution in [-0.2, 0) is 30.4 Å². The van der Waals surface area contributed by atoms with Gasteiger partial charge in [0.15, 0.2) is 0 Å². The third-order valence-corrected chi connectivity index (χ3v) is 7.83. The molecule has 262 valence electrons. The lowest BCUT2D eigenvalue weighted by Gasteiger charge is -2.23. The van der Waals surface area contributed by atoms with Gasteiger partial charge in [0.05, 0.1) is 6.42 Å². The predicted molar refractivity (Wildman–Crippen MR) is 186 cm³/mol. The number of aliphatic carboxylic acids is 2. The zero-order valence-electron chi connectivity index (χ0n) is 28.0. The molecule has 0 aromatic heterocycles. The molecule has 0 fully saturated rings. The molecular formula is C34H47N5O8S. The Hall–Kier alpha value is -4.59. The van der Waals surface area contributed by atoms with Crippen molar-refractivity contribution in [3.63, 3.8) is 0 Å². The highest BCUT2D eigenvalue weighted by Crippen LogP contribution is 2.18. The number of anilines is 2. The van der Waals surface area contributed by atoms with Crippen molar-refractivity contribution in [2.45, 2.75) is 78.4 Å². The van der Waals surface area contributed by atoms with E-state index in [4.69, 9.17) is 0 Å². The molecule has 0 saturated carbocycles. The third kappa shape index (κ3) is 15.8. The number of rotatable bonds is 18. The first-order valence-electron chi connectivity index (χ1n) is 15.7. The topological polar surface area (TPSA) is 203 Å². The van der Waals surface area contributed by atoms with Gasteiger partial charge in [-0.3, -0.25) is 14.4 Å². The fourth-order valence-electron chi connectivity index (χ4n) is 4.49. The molecule has 2 aromatic carbocycles. The van der Waals surface area contributed by atoms with E-state index in [9.17, 15) is 39.0 Å². The van der Waals surface area contributed by atoms with E-state index in [1.165, 1.54) is 0 Å². The SMILES string of the molecule is CC(C)CC(NC(=O)Cc1ccc(NC(=O)Nc2ccccc2)cc1)C(=O)NC(CCSCC(NC(=O)CC(C)(C)C)C(=O)O)C(=O)O. The van der Waals surface area contributed by atoms with E-state index >= 15 is 0 Å². The predicted octanol–water partition coefficient (Wildman–Crippen LogP) is 4.10. The van der Waals surface area contributed by atoms with Gasteiger partial charge >= 0.3 is 18.0 Å². The summed E-state index contributed by atoms with van der Waals surface area (Å²) >= 11 is 1.15. The van der Waals surface area contributed by atoms with Crippen molar-refractivity contribution in [3.05, 3.63) is 60.2 Å². The van der Waals surface area contributed by atoms with Crippen LogP contribution >= 0.6 is 11.8 Å².